The van der Waals surface area contributed by atoms with E-state index < -0.39 is 61.3 Å². The molecule has 13 heteroatoms. The third kappa shape index (κ3) is 5.27. The predicted octanol–water partition coefficient (Wildman–Crippen LogP) is 2.22. The number of carboxylic acids is 1. The maximum Gasteiger partial charge on any atom is 0.317 e. The number of benzene rings is 2. The molecular formula is C31H36O13. The van der Waals surface area contributed by atoms with E-state index in [4.69, 9.17) is 38.3 Å². The molecule has 4 N–H and O–H groups in total. The summed E-state index contributed by atoms with van der Waals surface area (Å²) in [6.07, 6.45) is -4.15. The monoisotopic (exact) mass is 616 g/mol. The van der Waals surface area contributed by atoms with Crippen LogP contribution in [-0.4, -0.2) is 89.5 Å². The van der Waals surface area contributed by atoms with Crippen LogP contribution in [0.5, 0.6) is 28.7 Å². The Balaban J connectivity index is 1.27. The first-order valence-electron chi connectivity index (χ1n) is 14.6. The van der Waals surface area contributed by atoms with Gasteiger partial charge in [0.05, 0.1) is 20.1 Å². The van der Waals surface area contributed by atoms with Gasteiger partial charge in [0.15, 0.2) is 11.5 Å². The number of aliphatic hydroxyl groups excluding tert-OH is 3. The number of methoxy groups -OCH3 is 2. The van der Waals surface area contributed by atoms with E-state index in [1.54, 1.807) is 26.4 Å². The number of aliphatic hydroxyl groups is 3. The molecule has 2 aromatic carbocycles. The van der Waals surface area contributed by atoms with Crippen LogP contribution in [0, 0.1) is 0 Å². The van der Waals surface area contributed by atoms with E-state index in [0.717, 1.165) is 43.2 Å². The quantitative estimate of drug-likeness (QED) is 0.251. The zero-order valence-corrected chi connectivity index (χ0v) is 24.3. The highest BCUT2D eigenvalue weighted by Crippen LogP contribution is 2.63. The molecular weight excluding hydrogens is 580 g/mol. The number of aliphatic carboxylic acids is 1. The second kappa shape index (κ2) is 12.0. The Morgan fingerprint density at radius 1 is 0.955 bits per heavy atom. The maximum absolute atomic E-state index is 11.7. The molecule has 4 aliphatic rings. The molecule has 0 amide bonds. The molecule has 44 heavy (non-hydrogen) atoms. The molecule has 1 saturated carbocycles. The summed E-state index contributed by atoms with van der Waals surface area (Å²) in [6, 6.07) is 9.06. The predicted molar refractivity (Wildman–Crippen MR) is 149 cm³/mol. The fraction of sp³-hybridized carbons (Fsp3) is 0.548. The number of carbonyl (C=O) groups excluding carboxylic acids is 1. The van der Waals surface area contributed by atoms with Crippen molar-refractivity contribution in [3.8, 4) is 28.7 Å². The smallest absolute Gasteiger partial charge is 0.317 e. The Morgan fingerprint density at radius 3 is 2.41 bits per heavy atom. The van der Waals surface area contributed by atoms with Crippen molar-refractivity contribution in [1.82, 2.24) is 0 Å². The van der Waals surface area contributed by atoms with Crippen LogP contribution in [0.25, 0.3) is 0 Å². The van der Waals surface area contributed by atoms with Crippen LogP contribution in [0.2, 0.25) is 0 Å². The Morgan fingerprint density at radius 2 is 1.70 bits per heavy atom. The standard InChI is InChI=1S/C31H36O13/c1-38-18-9-8-17-23-27(43-28(17)29(18)39-2)16-7-6-15(12-19(16)44-31(23)10-4-3-5-11-31)41-30-26(37)25(36)24(35)20(42-30)14-40-22(34)13-21(32)33/h6-9,12,20,23-27,30,35-37H,3-5,10-11,13-14H2,1-2H3,(H,32,33)/t20-,23+,24-,25+,26-,27-,30+/m1/s1. The van der Waals surface area contributed by atoms with Gasteiger partial charge in [-0.1, -0.05) is 12.5 Å². The molecule has 2 aromatic rings. The summed E-state index contributed by atoms with van der Waals surface area (Å²) in [7, 11) is 3.16. The molecule has 0 radical (unpaired) electrons. The molecule has 3 aliphatic heterocycles. The van der Waals surface area contributed by atoms with Gasteiger partial charge in [-0.25, -0.2) is 0 Å². The summed E-state index contributed by atoms with van der Waals surface area (Å²) < 4.78 is 41.1. The molecule has 1 spiro atoms. The van der Waals surface area contributed by atoms with Gasteiger partial charge in [-0.05, 0) is 43.9 Å². The fourth-order valence-electron chi connectivity index (χ4n) is 6.83. The van der Waals surface area contributed by atoms with Crippen molar-refractivity contribution >= 4 is 11.9 Å². The number of fused-ring (bicyclic) bond motifs is 6. The summed E-state index contributed by atoms with van der Waals surface area (Å²) in [5.41, 5.74) is 1.27. The number of hydrogen-bond donors (Lipinski definition) is 4. The first-order valence-corrected chi connectivity index (χ1v) is 14.6. The van der Waals surface area contributed by atoms with Gasteiger partial charge in [0.2, 0.25) is 12.0 Å². The molecule has 0 bridgehead atoms. The second-order valence-electron chi connectivity index (χ2n) is 11.5. The summed E-state index contributed by atoms with van der Waals surface area (Å²) >= 11 is 0. The number of hydrogen-bond acceptors (Lipinski definition) is 12. The van der Waals surface area contributed by atoms with Gasteiger partial charge >= 0.3 is 11.9 Å². The maximum atomic E-state index is 11.7. The van der Waals surface area contributed by atoms with Gasteiger partial charge < -0.3 is 53.6 Å². The molecule has 0 unspecified atom stereocenters. The molecule has 1 aliphatic carbocycles. The van der Waals surface area contributed by atoms with Crippen molar-refractivity contribution in [2.45, 2.75) is 86.9 Å². The van der Waals surface area contributed by atoms with Crippen molar-refractivity contribution < 1.29 is 63.2 Å². The minimum atomic E-state index is -1.69. The van der Waals surface area contributed by atoms with Crippen molar-refractivity contribution in [3.05, 3.63) is 41.5 Å². The van der Waals surface area contributed by atoms with Crippen LogP contribution in [-0.2, 0) is 19.1 Å². The zero-order valence-electron chi connectivity index (χ0n) is 24.3. The third-order valence-electron chi connectivity index (χ3n) is 8.91. The highest BCUT2D eigenvalue weighted by molar-refractivity contribution is 5.90. The number of esters is 1. The van der Waals surface area contributed by atoms with E-state index >= 15 is 0 Å². The van der Waals surface area contributed by atoms with E-state index in [-0.39, 0.29) is 17.8 Å². The normalized spacial score (nSPS) is 29.7. The molecule has 6 rings (SSSR count). The molecule has 0 aromatic heterocycles. The van der Waals surface area contributed by atoms with Gasteiger partial charge in [0.1, 0.15) is 60.6 Å². The van der Waals surface area contributed by atoms with Gasteiger partial charge in [-0.2, -0.15) is 0 Å². The van der Waals surface area contributed by atoms with E-state index in [0.29, 0.717) is 23.0 Å². The molecule has 238 valence electrons. The lowest BCUT2D eigenvalue weighted by molar-refractivity contribution is -0.278. The number of carbonyl (C=O) groups is 2. The summed E-state index contributed by atoms with van der Waals surface area (Å²) in [5, 5.41) is 40.2. The van der Waals surface area contributed by atoms with Gasteiger partial charge in [0, 0.05) is 17.2 Å². The summed E-state index contributed by atoms with van der Waals surface area (Å²) in [5.74, 6) is 0.0390. The number of carboxylic acid groups (broad SMARTS) is 1. The first-order chi connectivity index (χ1) is 21.2. The van der Waals surface area contributed by atoms with E-state index in [1.807, 2.05) is 18.2 Å². The lowest BCUT2D eigenvalue weighted by atomic mass is 9.68. The molecule has 1 saturated heterocycles. The lowest BCUT2D eigenvalue weighted by Crippen LogP contribution is -2.60. The third-order valence-corrected chi connectivity index (χ3v) is 8.91. The van der Waals surface area contributed by atoms with Gasteiger partial charge in [0.25, 0.3) is 0 Å². The zero-order chi connectivity index (χ0) is 31.2. The van der Waals surface area contributed by atoms with Crippen molar-refractivity contribution in [2.75, 3.05) is 20.8 Å². The van der Waals surface area contributed by atoms with Crippen LogP contribution in [0.4, 0.5) is 0 Å². The van der Waals surface area contributed by atoms with Gasteiger partial charge in [-0.15, -0.1) is 0 Å². The van der Waals surface area contributed by atoms with Crippen LogP contribution < -0.4 is 23.7 Å². The second-order valence-corrected chi connectivity index (χ2v) is 11.5. The topological polar surface area (TPSA) is 180 Å². The van der Waals surface area contributed by atoms with E-state index in [1.165, 1.54) is 0 Å². The highest BCUT2D eigenvalue weighted by Gasteiger charge is 2.56. The molecule has 13 nitrogen and oxygen atoms in total. The average molecular weight is 617 g/mol. The SMILES string of the molecule is COc1ccc2c(c1OC)O[C@@H]1c3ccc(O[C@H]4O[C@H](COC(=O)CC(=O)O)[C@@H](O)[C@H](O)[C@H]4O)cc3OC3(CCCCC3)[C@@H]21. The van der Waals surface area contributed by atoms with Crippen molar-refractivity contribution in [1.29, 1.82) is 0 Å². The average Bonchev–Trinajstić information content (AvgIpc) is 3.41. The van der Waals surface area contributed by atoms with Crippen LogP contribution in [0.1, 0.15) is 61.7 Å². The highest BCUT2D eigenvalue weighted by atomic mass is 16.7. The first kappa shape index (κ1) is 30.3. The van der Waals surface area contributed by atoms with Crippen molar-refractivity contribution in [2.24, 2.45) is 0 Å². The minimum absolute atomic E-state index is 0.0818. The largest absolute Gasteiger partial charge is 0.493 e. The number of ether oxygens (including phenoxy) is 7. The fourth-order valence-corrected chi connectivity index (χ4v) is 6.83. The van der Waals surface area contributed by atoms with E-state index in [9.17, 15) is 24.9 Å². The molecule has 2 fully saturated rings. The molecule has 7 atom stereocenters. The Labute approximate surface area is 253 Å². The van der Waals surface area contributed by atoms with Crippen LogP contribution in [0.15, 0.2) is 30.3 Å². The van der Waals surface area contributed by atoms with Crippen LogP contribution in [0.3, 0.4) is 0 Å². The van der Waals surface area contributed by atoms with Gasteiger partial charge in [-0.3, -0.25) is 9.59 Å². The summed E-state index contributed by atoms with van der Waals surface area (Å²) in [6.45, 7) is -0.554. The molecule has 3 heterocycles. The Hall–Kier alpha value is -3.78. The summed E-state index contributed by atoms with van der Waals surface area (Å²) in [4.78, 5) is 22.4. The Bertz CT molecular complexity index is 1400. The van der Waals surface area contributed by atoms with Crippen LogP contribution >= 0.6 is 0 Å². The number of rotatable bonds is 8. The Kier molecular flexibility index (Phi) is 8.22. The minimum Gasteiger partial charge on any atom is -0.493 e. The lowest BCUT2D eigenvalue weighted by Gasteiger charge is -2.47. The van der Waals surface area contributed by atoms with E-state index in [2.05, 4.69) is 0 Å². The van der Waals surface area contributed by atoms with Crippen molar-refractivity contribution in [3.63, 3.8) is 0 Å².